The molecule has 2 rings (SSSR count). The van der Waals surface area contributed by atoms with E-state index in [-0.39, 0.29) is 11.6 Å². The van der Waals surface area contributed by atoms with Gasteiger partial charge in [0.15, 0.2) is 0 Å². The van der Waals surface area contributed by atoms with Crippen molar-refractivity contribution < 1.29 is 9.52 Å². The Bertz CT molecular complexity index is 656. The normalized spacial score (nSPS) is 11.2. The molecule has 2 aromatic heterocycles. The second-order valence-corrected chi connectivity index (χ2v) is 3.20. The summed E-state index contributed by atoms with van der Waals surface area (Å²) in [5.74, 6) is 0.279. The van der Waals surface area contributed by atoms with E-state index in [1.165, 1.54) is 30.9 Å². The Balaban J connectivity index is 0.000000956. The van der Waals surface area contributed by atoms with E-state index in [9.17, 15) is 5.11 Å². The highest BCUT2D eigenvalue weighted by Gasteiger charge is 2.10. The Labute approximate surface area is 116 Å². The molecule has 0 bridgehead atoms. The van der Waals surface area contributed by atoms with Crippen LogP contribution < -0.4 is 0 Å². The lowest BCUT2D eigenvalue weighted by Crippen LogP contribution is -1.96. The average Bonchev–Trinajstić information content (AvgIpc) is 2.88. The Morgan fingerprint density at radius 2 is 2.15 bits per heavy atom. The van der Waals surface area contributed by atoms with Gasteiger partial charge in [-0.25, -0.2) is 20.0 Å². The molecule has 0 saturated heterocycles. The van der Waals surface area contributed by atoms with Crippen LogP contribution in [0.2, 0.25) is 0 Å². The topological polar surface area (TPSA) is 83.9 Å². The van der Waals surface area contributed by atoms with Crippen molar-refractivity contribution in [3.8, 4) is 5.75 Å². The Kier molecular flexibility index (Phi) is 5.83. The third-order valence-electron chi connectivity index (χ3n) is 2.01. The molecule has 0 spiro atoms. The summed E-state index contributed by atoms with van der Waals surface area (Å²) in [5.41, 5.74) is 1.18. The number of nitrogens with zero attached hydrogens (tertiary/aromatic N) is 4. The predicted molar refractivity (Wildman–Crippen MR) is 80.2 cm³/mol. The largest absolute Gasteiger partial charge is 0.506 e. The van der Waals surface area contributed by atoms with E-state index in [1.54, 1.807) is 0 Å². The number of allylic oxidation sites excluding steroid dienone is 1. The van der Waals surface area contributed by atoms with Gasteiger partial charge in [-0.2, -0.15) is 0 Å². The molecule has 20 heavy (non-hydrogen) atoms. The van der Waals surface area contributed by atoms with Crippen molar-refractivity contribution >= 4 is 23.3 Å². The van der Waals surface area contributed by atoms with Crippen molar-refractivity contribution in [1.29, 1.82) is 0 Å². The summed E-state index contributed by atoms with van der Waals surface area (Å²) in [6.45, 7) is 11.0. The van der Waals surface area contributed by atoms with Crippen LogP contribution in [0.4, 0.5) is 0 Å². The SMILES string of the molecule is C=CN=CN=C(C=C)c1nc2cc(O)cnc2o1.CC. The smallest absolute Gasteiger partial charge is 0.248 e. The van der Waals surface area contributed by atoms with Crippen LogP contribution in [0.1, 0.15) is 19.7 Å². The number of hydrogen-bond acceptors (Lipinski definition) is 5. The highest BCUT2D eigenvalue weighted by atomic mass is 16.4. The van der Waals surface area contributed by atoms with Crippen LogP contribution in [-0.2, 0) is 0 Å². The summed E-state index contributed by atoms with van der Waals surface area (Å²) in [6.07, 6.45) is 5.43. The number of fused-ring (bicyclic) bond motifs is 1. The lowest BCUT2D eigenvalue weighted by molar-refractivity contribution is 0.473. The molecule has 2 aromatic rings. The quantitative estimate of drug-likeness (QED) is 0.684. The van der Waals surface area contributed by atoms with Crippen LogP contribution in [0.15, 0.2) is 52.1 Å². The summed E-state index contributed by atoms with van der Waals surface area (Å²) in [7, 11) is 0. The van der Waals surface area contributed by atoms with Crippen molar-refractivity contribution in [2.24, 2.45) is 9.98 Å². The molecule has 0 aromatic carbocycles. The van der Waals surface area contributed by atoms with Gasteiger partial charge < -0.3 is 9.52 Å². The fraction of sp³-hybridized carbons (Fsp3) is 0.143. The number of pyridine rings is 1. The standard InChI is InChI=1S/C12H10N4O2.C2H6/c1-3-9(15-7-13-4-2)12-16-10-5-8(17)6-14-11(10)18-12;1-2/h3-7,17H,1-2H2;1-2H3. The van der Waals surface area contributed by atoms with E-state index in [0.717, 1.165) is 0 Å². The lowest BCUT2D eigenvalue weighted by Gasteiger charge is -1.89. The Morgan fingerprint density at radius 1 is 1.40 bits per heavy atom. The Hall–Kier alpha value is -2.76. The number of aromatic nitrogens is 2. The maximum absolute atomic E-state index is 9.28. The van der Waals surface area contributed by atoms with E-state index in [2.05, 4.69) is 33.1 Å². The number of aliphatic imine (C=N–C) groups is 2. The number of oxazole rings is 1. The second kappa shape index (κ2) is 7.63. The molecular formula is C14H16N4O2. The van der Waals surface area contributed by atoms with Gasteiger partial charge in [-0.1, -0.05) is 27.0 Å². The predicted octanol–water partition coefficient (Wildman–Crippen LogP) is 3.10. The van der Waals surface area contributed by atoms with Crippen LogP contribution in [0.3, 0.4) is 0 Å². The van der Waals surface area contributed by atoms with Gasteiger partial charge in [0.2, 0.25) is 11.6 Å². The minimum Gasteiger partial charge on any atom is -0.506 e. The van der Waals surface area contributed by atoms with E-state index in [0.29, 0.717) is 16.9 Å². The molecule has 0 radical (unpaired) electrons. The van der Waals surface area contributed by atoms with Crippen LogP contribution in [-0.4, -0.2) is 27.1 Å². The van der Waals surface area contributed by atoms with Gasteiger partial charge in [0.05, 0.1) is 6.20 Å². The molecule has 0 atom stereocenters. The molecule has 0 aliphatic heterocycles. The second-order valence-electron chi connectivity index (χ2n) is 3.20. The van der Waals surface area contributed by atoms with Crippen molar-refractivity contribution in [3.63, 3.8) is 0 Å². The maximum atomic E-state index is 9.28. The summed E-state index contributed by atoms with van der Waals surface area (Å²) >= 11 is 0. The summed E-state index contributed by atoms with van der Waals surface area (Å²) in [4.78, 5) is 15.8. The third-order valence-corrected chi connectivity index (χ3v) is 2.01. The van der Waals surface area contributed by atoms with Crippen molar-refractivity contribution in [2.75, 3.05) is 0 Å². The lowest BCUT2D eigenvalue weighted by atomic mass is 10.3. The van der Waals surface area contributed by atoms with Gasteiger partial charge in [0.25, 0.3) is 0 Å². The van der Waals surface area contributed by atoms with Gasteiger partial charge in [-0.15, -0.1) is 0 Å². The molecule has 0 aliphatic carbocycles. The highest BCUT2D eigenvalue weighted by molar-refractivity contribution is 6.09. The molecule has 0 fully saturated rings. The molecule has 2 heterocycles. The van der Waals surface area contributed by atoms with Crippen LogP contribution >= 0.6 is 0 Å². The highest BCUT2D eigenvalue weighted by Crippen LogP contribution is 2.18. The zero-order valence-corrected chi connectivity index (χ0v) is 11.4. The zero-order valence-electron chi connectivity index (χ0n) is 11.4. The minimum atomic E-state index is 0.0210. The number of hydrogen-bond donors (Lipinski definition) is 1. The molecule has 0 saturated carbocycles. The first kappa shape index (κ1) is 15.3. The third kappa shape index (κ3) is 3.61. The van der Waals surface area contributed by atoms with Crippen molar-refractivity contribution in [1.82, 2.24) is 9.97 Å². The molecule has 1 N–H and O–H groups in total. The van der Waals surface area contributed by atoms with Crippen LogP contribution in [0.5, 0.6) is 5.75 Å². The van der Waals surface area contributed by atoms with Crippen LogP contribution in [0.25, 0.3) is 11.2 Å². The molecule has 0 amide bonds. The summed E-state index contributed by atoms with van der Waals surface area (Å²) in [6, 6.07) is 1.45. The molecule has 6 heteroatoms. The molecule has 0 unspecified atom stereocenters. The van der Waals surface area contributed by atoms with E-state index in [4.69, 9.17) is 4.42 Å². The van der Waals surface area contributed by atoms with Gasteiger partial charge >= 0.3 is 0 Å². The van der Waals surface area contributed by atoms with E-state index < -0.39 is 0 Å². The first-order valence-electron chi connectivity index (χ1n) is 6.03. The Morgan fingerprint density at radius 3 is 2.80 bits per heavy atom. The maximum Gasteiger partial charge on any atom is 0.248 e. The van der Waals surface area contributed by atoms with Gasteiger partial charge in [-0.3, -0.25) is 0 Å². The van der Waals surface area contributed by atoms with Crippen molar-refractivity contribution in [2.45, 2.75) is 13.8 Å². The fourth-order valence-corrected chi connectivity index (χ4v) is 1.26. The summed E-state index contributed by atoms with van der Waals surface area (Å²) in [5, 5.41) is 9.28. The molecule has 0 aliphatic rings. The monoisotopic (exact) mass is 272 g/mol. The van der Waals surface area contributed by atoms with Gasteiger partial charge in [-0.05, 0) is 6.08 Å². The van der Waals surface area contributed by atoms with Crippen molar-refractivity contribution in [3.05, 3.63) is 43.6 Å². The molecule has 104 valence electrons. The van der Waals surface area contributed by atoms with Crippen LogP contribution in [0, 0.1) is 0 Å². The van der Waals surface area contributed by atoms with E-state index >= 15 is 0 Å². The average molecular weight is 272 g/mol. The molecule has 6 nitrogen and oxygen atoms in total. The zero-order chi connectivity index (χ0) is 15.0. The first-order valence-corrected chi connectivity index (χ1v) is 6.03. The van der Waals surface area contributed by atoms with Gasteiger partial charge in [0.1, 0.15) is 23.3 Å². The first-order chi connectivity index (χ1) is 9.74. The number of aromatic hydroxyl groups is 1. The summed E-state index contributed by atoms with van der Waals surface area (Å²) < 4.78 is 5.38. The van der Waals surface area contributed by atoms with Gasteiger partial charge in [0, 0.05) is 12.3 Å². The van der Waals surface area contributed by atoms with E-state index in [1.807, 2.05) is 13.8 Å². The minimum absolute atomic E-state index is 0.0210. The number of rotatable bonds is 4. The molecular weight excluding hydrogens is 256 g/mol. The fourth-order valence-electron chi connectivity index (χ4n) is 1.26.